The molecule has 0 aliphatic carbocycles. The highest BCUT2D eigenvalue weighted by atomic mass is 32.2. The van der Waals surface area contributed by atoms with Crippen molar-refractivity contribution in [3.8, 4) is 11.6 Å². The molecule has 2 aliphatic heterocycles. The van der Waals surface area contributed by atoms with Gasteiger partial charge < -0.3 is 20.5 Å². The molecule has 0 bridgehead atoms. The van der Waals surface area contributed by atoms with E-state index in [0.29, 0.717) is 29.1 Å². The van der Waals surface area contributed by atoms with Gasteiger partial charge in [0.05, 0.1) is 17.3 Å². The Hall–Kier alpha value is -3.34. The first-order valence-corrected chi connectivity index (χ1v) is 10.9. The molecular weight excluding hydrogens is 410 g/mol. The van der Waals surface area contributed by atoms with Crippen molar-refractivity contribution in [3.63, 3.8) is 0 Å². The lowest BCUT2D eigenvalue weighted by molar-refractivity contribution is 0.0527. The number of fused-ring (bicyclic) bond motifs is 1. The van der Waals surface area contributed by atoms with E-state index in [4.69, 9.17) is 10.5 Å². The van der Waals surface area contributed by atoms with Gasteiger partial charge in [-0.1, -0.05) is 6.07 Å². The van der Waals surface area contributed by atoms with Crippen molar-refractivity contribution in [1.29, 1.82) is 0 Å². The van der Waals surface area contributed by atoms with Crippen LogP contribution >= 0.6 is 0 Å². The van der Waals surface area contributed by atoms with Crippen LogP contribution in [0.5, 0.6) is 11.6 Å². The van der Waals surface area contributed by atoms with Gasteiger partial charge in [0.25, 0.3) is 5.91 Å². The molecule has 30 heavy (non-hydrogen) atoms. The second-order valence-electron chi connectivity index (χ2n) is 7.09. The first kappa shape index (κ1) is 20.0. The van der Waals surface area contributed by atoms with E-state index in [0.717, 1.165) is 19.3 Å². The van der Waals surface area contributed by atoms with Crippen molar-refractivity contribution in [2.45, 2.75) is 25.3 Å². The first-order chi connectivity index (χ1) is 14.3. The van der Waals surface area contributed by atoms with Crippen LogP contribution < -0.4 is 15.2 Å². The summed E-state index contributed by atoms with van der Waals surface area (Å²) in [4.78, 5) is 18.4. The van der Waals surface area contributed by atoms with Gasteiger partial charge in [0, 0.05) is 24.4 Å². The third-order valence-corrected chi connectivity index (χ3v) is 5.97. The third-order valence-electron chi connectivity index (χ3n) is 5.05. The fourth-order valence-electron chi connectivity index (χ4n) is 3.68. The van der Waals surface area contributed by atoms with Crippen LogP contribution in [0.3, 0.4) is 0 Å². The van der Waals surface area contributed by atoms with Crippen LogP contribution in [0.1, 0.15) is 35.2 Å². The van der Waals surface area contributed by atoms with Crippen LogP contribution in [-0.2, 0) is 10.2 Å². The summed E-state index contributed by atoms with van der Waals surface area (Å²) in [5, 5.41) is 9.57. The number of aromatic hydroxyl groups is 1. The van der Waals surface area contributed by atoms with Crippen molar-refractivity contribution in [2.24, 2.45) is 10.1 Å². The molecule has 10 nitrogen and oxygen atoms in total. The average Bonchev–Trinajstić information content (AvgIpc) is 2.70. The lowest BCUT2D eigenvalue weighted by atomic mass is 10.0. The number of piperidine rings is 1. The van der Waals surface area contributed by atoms with Gasteiger partial charge in [-0.15, -0.1) is 4.40 Å². The number of carbonyl (C=O) groups excluding carboxylic acids is 1. The molecule has 0 saturated carbocycles. The molecule has 158 valence electrons. The number of carbonyl (C=O) groups is 1. The van der Waals surface area contributed by atoms with E-state index in [1.807, 2.05) is 0 Å². The molecule has 4 N–H and O–H groups in total. The zero-order valence-corrected chi connectivity index (χ0v) is 16.8. The molecule has 0 unspecified atom stereocenters. The number of ether oxygens (including phenoxy) is 1. The third kappa shape index (κ3) is 4.01. The maximum absolute atomic E-state index is 12.9. The number of hydrogen-bond acceptors (Lipinski definition) is 7. The molecule has 1 saturated heterocycles. The standard InChI is InChI=1S/C19H21N5O5S/c20-18-17-14(22-30(27,28)23-18)5-3-6-15(17)29-11-13-4-1-2-9-24(13)19(26)12-7-8-21-16(25)10-12/h3,5-8,10,13,22H,1-2,4,9,11H2,(H2,20,23)(H,21,25)/t13-/m1/s1. The number of aromatic nitrogens is 1. The van der Waals surface area contributed by atoms with Gasteiger partial charge in [0.1, 0.15) is 12.4 Å². The Balaban J connectivity index is 1.54. The maximum atomic E-state index is 12.9. The molecule has 0 spiro atoms. The number of nitrogens with two attached hydrogens (primary N) is 1. The second kappa shape index (κ2) is 7.82. The van der Waals surface area contributed by atoms with E-state index in [1.54, 1.807) is 29.2 Å². The number of nitrogens with zero attached hydrogens (tertiary/aromatic N) is 3. The predicted molar refractivity (Wildman–Crippen MR) is 110 cm³/mol. The number of rotatable bonds is 4. The zero-order chi connectivity index (χ0) is 21.3. The summed E-state index contributed by atoms with van der Waals surface area (Å²) in [5.41, 5.74) is 6.88. The second-order valence-corrected chi connectivity index (χ2v) is 8.43. The Labute approximate surface area is 173 Å². The fraction of sp³-hybridized carbons (Fsp3) is 0.316. The van der Waals surface area contributed by atoms with Crippen molar-refractivity contribution < 1.29 is 23.1 Å². The summed E-state index contributed by atoms with van der Waals surface area (Å²) in [6.45, 7) is 0.783. The normalized spacial score (nSPS) is 19.9. The fourth-order valence-corrected chi connectivity index (χ4v) is 4.53. The molecule has 4 rings (SSSR count). The van der Waals surface area contributed by atoms with Gasteiger partial charge in [-0.3, -0.25) is 9.52 Å². The van der Waals surface area contributed by atoms with E-state index < -0.39 is 10.2 Å². The number of anilines is 1. The van der Waals surface area contributed by atoms with E-state index in [2.05, 4.69) is 14.1 Å². The number of amides is 1. The van der Waals surface area contributed by atoms with Gasteiger partial charge in [-0.2, -0.15) is 8.42 Å². The van der Waals surface area contributed by atoms with Crippen LogP contribution in [0.25, 0.3) is 0 Å². The maximum Gasteiger partial charge on any atom is 0.344 e. The van der Waals surface area contributed by atoms with E-state index >= 15 is 0 Å². The van der Waals surface area contributed by atoms with Crippen molar-refractivity contribution in [2.75, 3.05) is 17.9 Å². The first-order valence-electron chi connectivity index (χ1n) is 9.44. The predicted octanol–water partition coefficient (Wildman–Crippen LogP) is 1.24. The Morgan fingerprint density at radius 1 is 1.33 bits per heavy atom. The van der Waals surface area contributed by atoms with Crippen LogP contribution in [0.15, 0.2) is 40.9 Å². The van der Waals surface area contributed by atoms with Crippen LogP contribution in [0, 0.1) is 0 Å². The topological polar surface area (TPSA) is 147 Å². The highest BCUT2D eigenvalue weighted by Gasteiger charge is 2.30. The van der Waals surface area contributed by atoms with Crippen molar-refractivity contribution in [1.82, 2.24) is 9.88 Å². The Morgan fingerprint density at radius 2 is 2.17 bits per heavy atom. The molecule has 3 heterocycles. The largest absolute Gasteiger partial charge is 0.493 e. The molecule has 1 aromatic carbocycles. The molecule has 1 atom stereocenters. The highest BCUT2D eigenvalue weighted by Crippen LogP contribution is 2.31. The zero-order valence-electron chi connectivity index (χ0n) is 16.0. The minimum atomic E-state index is -3.87. The summed E-state index contributed by atoms with van der Waals surface area (Å²) >= 11 is 0. The summed E-state index contributed by atoms with van der Waals surface area (Å²) in [6, 6.07) is 7.62. The molecule has 1 fully saturated rings. The van der Waals surface area contributed by atoms with Crippen LogP contribution in [0.2, 0.25) is 0 Å². The molecule has 2 aromatic rings. The number of amidine groups is 1. The Bertz CT molecular complexity index is 1120. The van der Waals surface area contributed by atoms with Gasteiger partial charge in [-0.25, -0.2) is 4.98 Å². The number of benzene rings is 1. The lowest BCUT2D eigenvalue weighted by Crippen LogP contribution is -2.46. The quantitative estimate of drug-likeness (QED) is 0.660. The summed E-state index contributed by atoms with van der Waals surface area (Å²) < 4.78 is 35.2. The number of hydrogen-bond donors (Lipinski definition) is 3. The smallest absolute Gasteiger partial charge is 0.344 e. The van der Waals surface area contributed by atoms with E-state index in [1.165, 1.54) is 12.3 Å². The van der Waals surface area contributed by atoms with Gasteiger partial charge in [0.15, 0.2) is 5.84 Å². The molecule has 2 aliphatic rings. The highest BCUT2D eigenvalue weighted by molar-refractivity contribution is 7.91. The molecular formula is C19H21N5O5S. The molecule has 11 heteroatoms. The molecule has 1 amide bonds. The lowest BCUT2D eigenvalue weighted by Gasteiger charge is -2.35. The SMILES string of the molecule is NC1=NS(=O)(=O)Nc2cccc(OC[C@H]3CCCCN3C(=O)c3ccnc(O)c3)c21. The monoisotopic (exact) mass is 431 g/mol. The minimum absolute atomic E-state index is 0.150. The number of nitrogens with one attached hydrogen (secondary N) is 1. The van der Waals surface area contributed by atoms with E-state index in [-0.39, 0.29) is 30.3 Å². The Morgan fingerprint density at radius 3 is 2.97 bits per heavy atom. The summed E-state index contributed by atoms with van der Waals surface area (Å²) in [6.07, 6.45) is 3.97. The summed E-state index contributed by atoms with van der Waals surface area (Å²) in [5.74, 6) is -0.178. The van der Waals surface area contributed by atoms with Gasteiger partial charge >= 0.3 is 10.2 Å². The molecule has 0 radical (unpaired) electrons. The number of likely N-dealkylation sites (tertiary alicyclic amines) is 1. The minimum Gasteiger partial charge on any atom is -0.493 e. The molecule has 1 aromatic heterocycles. The van der Waals surface area contributed by atoms with Gasteiger partial charge in [-0.05, 0) is 37.5 Å². The van der Waals surface area contributed by atoms with Crippen LogP contribution in [-0.4, -0.2) is 54.3 Å². The average molecular weight is 431 g/mol. The summed E-state index contributed by atoms with van der Waals surface area (Å²) in [7, 11) is -3.87. The van der Waals surface area contributed by atoms with E-state index in [9.17, 15) is 18.3 Å². The van der Waals surface area contributed by atoms with Gasteiger partial charge in [0.2, 0.25) is 5.88 Å². The van der Waals surface area contributed by atoms with Crippen LogP contribution in [0.4, 0.5) is 5.69 Å². The Kier molecular flexibility index (Phi) is 5.20. The number of pyridine rings is 1. The van der Waals surface area contributed by atoms with Crippen molar-refractivity contribution in [3.05, 3.63) is 47.7 Å². The van der Waals surface area contributed by atoms with Crippen molar-refractivity contribution >= 4 is 27.6 Å².